The second-order valence-electron chi connectivity index (χ2n) is 8.82. The maximum Gasteiger partial charge on any atom is 0.306 e. The number of anilines is 2. The molecule has 0 unspecified atom stereocenters. The van der Waals surface area contributed by atoms with Gasteiger partial charge in [0.1, 0.15) is 11.6 Å². The van der Waals surface area contributed by atoms with Gasteiger partial charge in [0.2, 0.25) is 11.9 Å². The Labute approximate surface area is 211 Å². The molecule has 0 aliphatic carbocycles. The highest BCUT2D eigenvalue weighted by molar-refractivity contribution is 5.82. The Morgan fingerprint density at radius 2 is 1.89 bits per heavy atom. The summed E-state index contributed by atoms with van der Waals surface area (Å²) in [5.41, 5.74) is 0.959. The zero-order valence-electron chi connectivity index (χ0n) is 20.3. The van der Waals surface area contributed by atoms with E-state index in [0.717, 1.165) is 0 Å². The summed E-state index contributed by atoms with van der Waals surface area (Å²) >= 11 is 0. The summed E-state index contributed by atoms with van der Waals surface area (Å²) in [6.45, 7) is 3.03. The van der Waals surface area contributed by atoms with Gasteiger partial charge in [-0.05, 0) is 12.1 Å². The third-order valence-corrected chi connectivity index (χ3v) is 6.36. The molecule has 2 aliphatic heterocycles. The van der Waals surface area contributed by atoms with Crippen molar-refractivity contribution < 1.29 is 27.8 Å². The van der Waals surface area contributed by atoms with Gasteiger partial charge in [0.15, 0.2) is 5.82 Å². The standard InChI is InChI=1S/C24H27F2N7O4/c1-36-21(35)7-6-20(34)32-13-15(14-32)27-18-12-19(30-24(29-18)31-8-10-37-11-9-31)33-17-5-3-2-4-16(17)28-23(33)22(25)26/h2-5,12,15,22H,6-11,13-14H2,1H3,(H,27,29,30). The van der Waals surface area contributed by atoms with Crippen LogP contribution in [0.5, 0.6) is 0 Å². The number of alkyl halides is 2. The van der Waals surface area contributed by atoms with E-state index < -0.39 is 18.2 Å². The van der Waals surface area contributed by atoms with Crippen molar-refractivity contribution in [1.82, 2.24) is 24.4 Å². The predicted octanol–water partition coefficient (Wildman–Crippen LogP) is 2.17. The molecule has 0 radical (unpaired) electrons. The summed E-state index contributed by atoms with van der Waals surface area (Å²) < 4.78 is 39.4. The molecular weight excluding hydrogens is 488 g/mol. The maximum absolute atomic E-state index is 14.0. The number of hydrogen-bond acceptors (Lipinski definition) is 9. The Kier molecular flexibility index (Phi) is 7.12. The van der Waals surface area contributed by atoms with Crippen molar-refractivity contribution in [2.75, 3.05) is 56.7 Å². The number of halogens is 2. The second kappa shape index (κ2) is 10.6. The number of fused-ring (bicyclic) bond motifs is 1. The number of carbonyl (C=O) groups is 2. The van der Waals surface area contributed by atoms with Crippen LogP contribution in [-0.4, -0.2) is 88.8 Å². The van der Waals surface area contributed by atoms with E-state index in [-0.39, 0.29) is 30.6 Å². The number of hydrogen-bond donors (Lipinski definition) is 1. The molecule has 0 bridgehead atoms. The Bertz CT molecular complexity index is 1290. The molecule has 1 aromatic carbocycles. The first-order chi connectivity index (χ1) is 17.9. The fraction of sp³-hybridized carbons (Fsp3) is 0.458. The summed E-state index contributed by atoms with van der Waals surface area (Å²) in [6.07, 6.45) is -2.68. The van der Waals surface area contributed by atoms with E-state index in [4.69, 9.17) is 4.74 Å². The number of carbonyl (C=O) groups excluding carboxylic acids is 2. The Balaban J connectivity index is 1.41. The average molecular weight is 516 g/mol. The number of likely N-dealkylation sites (tertiary alicyclic amines) is 1. The minimum Gasteiger partial charge on any atom is -0.469 e. The number of para-hydroxylation sites is 2. The first-order valence-electron chi connectivity index (χ1n) is 12.0. The van der Waals surface area contributed by atoms with Crippen molar-refractivity contribution in [1.29, 1.82) is 0 Å². The van der Waals surface area contributed by atoms with Gasteiger partial charge in [-0.2, -0.15) is 9.97 Å². The minimum atomic E-state index is -2.80. The molecule has 1 N–H and O–H groups in total. The van der Waals surface area contributed by atoms with Crippen molar-refractivity contribution in [3.8, 4) is 5.82 Å². The smallest absolute Gasteiger partial charge is 0.306 e. The normalized spacial score (nSPS) is 16.2. The summed E-state index contributed by atoms with van der Waals surface area (Å²) in [7, 11) is 1.29. The summed E-state index contributed by atoms with van der Waals surface area (Å²) in [6, 6.07) is 8.44. The van der Waals surface area contributed by atoms with Crippen LogP contribution in [0, 0.1) is 0 Å². The van der Waals surface area contributed by atoms with Crippen molar-refractivity contribution in [2.45, 2.75) is 25.3 Å². The van der Waals surface area contributed by atoms with Crippen LogP contribution < -0.4 is 10.2 Å². The number of ether oxygens (including phenoxy) is 2. The summed E-state index contributed by atoms with van der Waals surface area (Å²) in [5, 5.41) is 3.30. The van der Waals surface area contributed by atoms with Gasteiger partial charge in [-0.3, -0.25) is 14.2 Å². The lowest BCUT2D eigenvalue weighted by Gasteiger charge is -2.40. The number of esters is 1. The van der Waals surface area contributed by atoms with E-state index in [1.165, 1.54) is 11.7 Å². The number of rotatable bonds is 8. The highest BCUT2D eigenvalue weighted by atomic mass is 19.3. The molecule has 0 saturated carbocycles. The van der Waals surface area contributed by atoms with Crippen molar-refractivity contribution in [3.05, 3.63) is 36.2 Å². The molecule has 11 nitrogen and oxygen atoms in total. The highest BCUT2D eigenvalue weighted by Crippen LogP contribution is 2.29. The predicted molar refractivity (Wildman–Crippen MR) is 130 cm³/mol. The van der Waals surface area contributed by atoms with Crippen LogP contribution in [0.2, 0.25) is 0 Å². The molecule has 37 heavy (non-hydrogen) atoms. The number of benzene rings is 1. The minimum absolute atomic E-state index is 0.0352. The molecule has 3 aromatic rings. The van der Waals surface area contributed by atoms with E-state index in [2.05, 4.69) is 25.0 Å². The molecular formula is C24H27F2N7O4. The first kappa shape index (κ1) is 24.8. The molecule has 0 atom stereocenters. The number of aromatic nitrogens is 4. The third kappa shape index (κ3) is 5.31. The largest absolute Gasteiger partial charge is 0.469 e. The SMILES string of the molecule is COC(=O)CCC(=O)N1CC(Nc2cc(-n3c(C(F)F)nc4ccccc43)nc(N3CCOCC3)n2)C1. The van der Waals surface area contributed by atoms with Crippen molar-refractivity contribution in [3.63, 3.8) is 0 Å². The van der Waals surface area contributed by atoms with Gasteiger partial charge in [-0.25, -0.2) is 13.8 Å². The van der Waals surface area contributed by atoms with E-state index >= 15 is 0 Å². The number of nitrogens with zero attached hydrogens (tertiary/aromatic N) is 6. The lowest BCUT2D eigenvalue weighted by molar-refractivity contribution is -0.144. The summed E-state index contributed by atoms with van der Waals surface area (Å²) in [4.78, 5) is 40.6. The van der Waals surface area contributed by atoms with Crippen LogP contribution >= 0.6 is 0 Å². The maximum atomic E-state index is 14.0. The van der Waals surface area contributed by atoms with Crippen LogP contribution in [0.25, 0.3) is 16.9 Å². The van der Waals surface area contributed by atoms with E-state index in [0.29, 0.717) is 62.2 Å². The lowest BCUT2D eigenvalue weighted by atomic mass is 10.1. The average Bonchev–Trinajstić information content (AvgIpc) is 3.29. The van der Waals surface area contributed by atoms with Gasteiger partial charge in [-0.1, -0.05) is 12.1 Å². The number of morpholine rings is 1. The number of amides is 1. The molecule has 4 heterocycles. The van der Waals surface area contributed by atoms with E-state index in [9.17, 15) is 18.4 Å². The van der Waals surface area contributed by atoms with Crippen LogP contribution in [0.1, 0.15) is 25.1 Å². The number of nitrogens with one attached hydrogen (secondary N) is 1. The monoisotopic (exact) mass is 515 g/mol. The highest BCUT2D eigenvalue weighted by Gasteiger charge is 2.31. The van der Waals surface area contributed by atoms with Crippen LogP contribution in [-0.2, 0) is 19.1 Å². The number of imidazole rings is 1. The van der Waals surface area contributed by atoms with E-state index in [1.807, 2.05) is 4.90 Å². The molecule has 2 fully saturated rings. The Morgan fingerprint density at radius 3 is 2.62 bits per heavy atom. The van der Waals surface area contributed by atoms with Gasteiger partial charge in [0.05, 0.1) is 43.8 Å². The Morgan fingerprint density at radius 1 is 1.14 bits per heavy atom. The van der Waals surface area contributed by atoms with Gasteiger partial charge in [0.25, 0.3) is 6.43 Å². The lowest BCUT2D eigenvalue weighted by Crippen LogP contribution is -2.57. The molecule has 0 spiro atoms. The quantitative estimate of drug-likeness (QED) is 0.451. The fourth-order valence-electron chi connectivity index (χ4n) is 4.40. The zero-order valence-corrected chi connectivity index (χ0v) is 20.3. The fourth-order valence-corrected chi connectivity index (χ4v) is 4.40. The Hall–Kier alpha value is -3.87. The van der Waals surface area contributed by atoms with Crippen LogP contribution in [0.4, 0.5) is 20.5 Å². The van der Waals surface area contributed by atoms with Gasteiger partial charge in [-0.15, -0.1) is 0 Å². The molecule has 2 aliphatic rings. The molecule has 1 amide bonds. The van der Waals surface area contributed by atoms with Crippen molar-refractivity contribution >= 4 is 34.7 Å². The molecule has 2 aromatic heterocycles. The topological polar surface area (TPSA) is 115 Å². The molecule has 5 rings (SSSR count). The van der Waals surface area contributed by atoms with Crippen LogP contribution in [0.15, 0.2) is 30.3 Å². The molecule has 2 saturated heterocycles. The van der Waals surface area contributed by atoms with Crippen molar-refractivity contribution in [2.24, 2.45) is 0 Å². The van der Waals surface area contributed by atoms with Crippen LogP contribution in [0.3, 0.4) is 0 Å². The zero-order chi connectivity index (χ0) is 25.9. The van der Waals surface area contributed by atoms with Gasteiger partial charge < -0.3 is 24.6 Å². The molecule has 196 valence electrons. The van der Waals surface area contributed by atoms with Gasteiger partial charge >= 0.3 is 5.97 Å². The second-order valence-corrected chi connectivity index (χ2v) is 8.82. The first-order valence-corrected chi connectivity index (χ1v) is 12.0. The number of methoxy groups -OCH3 is 1. The molecule has 13 heteroatoms. The third-order valence-electron chi connectivity index (χ3n) is 6.36. The van der Waals surface area contributed by atoms with E-state index in [1.54, 1.807) is 35.2 Å². The summed E-state index contributed by atoms with van der Waals surface area (Å²) in [5.74, 6) is 0.163. The van der Waals surface area contributed by atoms with Gasteiger partial charge in [0, 0.05) is 38.7 Å².